The van der Waals surface area contributed by atoms with Gasteiger partial charge in [0.15, 0.2) is 0 Å². The fourth-order valence-electron chi connectivity index (χ4n) is 2.98. The summed E-state index contributed by atoms with van der Waals surface area (Å²) in [6.07, 6.45) is 5.08. The van der Waals surface area contributed by atoms with Gasteiger partial charge in [-0.05, 0) is 51.6 Å². The van der Waals surface area contributed by atoms with E-state index in [0.717, 1.165) is 23.4 Å². The third-order valence-electron chi connectivity index (χ3n) is 4.39. The molecule has 1 aromatic rings. The van der Waals surface area contributed by atoms with Crippen LogP contribution in [0.15, 0.2) is 18.2 Å². The number of hydrogen-bond donors (Lipinski definition) is 1. The quantitative estimate of drug-likeness (QED) is 0.900. The van der Waals surface area contributed by atoms with Crippen molar-refractivity contribution in [2.24, 2.45) is 0 Å². The zero-order chi connectivity index (χ0) is 13.9. The predicted molar refractivity (Wildman–Crippen MR) is 79.3 cm³/mol. The molecule has 0 aliphatic heterocycles. The topological polar surface area (TPSA) is 39.1 Å². The standard InChI is InChI=1S/C16H23N3/c1-13-6-7-15(14(10-13)11-17)18-12-16(19(2)3)8-4-5-9-16/h6-7,10,18H,4-5,8-9,12H2,1-3H3. The number of rotatable bonds is 4. The van der Waals surface area contributed by atoms with Crippen LogP contribution in [0.5, 0.6) is 0 Å². The van der Waals surface area contributed by atoms with Gasteiger partial charge in [-0.15, -0.1) is 0 Å². The fourth-order valence-corrected chi connectivity index (χ4v) is 2.98. The maximum atomic E-state index is 9.21. The van der Waals surface area contributed by atoms with Crippen molar-refractivity contribution in [1.29, 1.82) is 5.26 Å². The molecule has 19 heavy (non-hydrogen) atoms. The molecule has 0 unspecified atom stereocenters. The largest absolute Gasteiger partial charge is 0.382 e. The lowest BCUT2D eigenvalue weighted by Gasteiger charge is -2.37. The third-order valence-corrected chi connectivity index (χ3v) is 4.39. The van der Waals surface area contributed by atoms with Gasteiger partial charge < -0.3 is 10.2 Å². The molecule has 102 valence electrons. The van der Waals surface area contributed by atoms with Gasteiger partial charge in [0.25, 0.3) is 0 Å². The number of hydrogen-bond acceptors (Lipinski definition) is 3. The van der Waals surface area contributed by atoms with Crippen molar-refractivity contribution in [1.82, 2.24) is 4.90 Å². The maximum absolute atomic E-state index is 9.21. The van der Waals surface area contributed by atoms with E-state index in [1.54, 1.807) is 0 Å². The number of nitrogens with zero attached hydrogens (tertiary/aromatic N) is 2. The van der Waals surface area contributed by atoms with Crippen molar-refractivity contribution >= 4 is 5.69 Å². The Hall–Kier alpha value is -1.53. The Morgan fingerprint density at radius 2 is 2.00 bits per heavy atom. The van der Waals surface area contributed by atoms with E-state index in [2.05, 4.69) is 36.4 Å². The molecular formula is C16H23N3. The Labute approximate surface area is 116 Å². The molecule has 0 radical (unpaired) electrons. The van der Waals surface area contributed by atoms with Gasteiger partial charge in [0, 0.05) is 12.1 Å². The minimum Gasteiger partial charge on any atom is -0.382 e. The lowest BCUT2D eigenvalue weighted by molar-refractivity contribution is 0.172. The van der Waals surface area contributed by atoms with E-state index in [1.807, 2.05) is 19.1 Å². The Bertz CT molecular complexity index is 479. The Kier molecular flexibility index (Phi) is 4.11. The molecule has 1 aromatic carbocycles. The van der Waals surface area contributed by atoms with Crippen molar-refractivity contribution < 1.29 is 0 Å². The molecule has 3 nitrogen and oxygen atoms in total. The van der Waals surface area contributed by atoms with Gasteiger partial charge in [-0.2, -0.15) is 5.26 Å². The lowest BCUT2D eigenvalue weighted by Crippen LogP contribution is -2.47. The third kappa shape index (κ3) is 2.90. The number of aryl methyl sites for hydroxylation is 1. The van der Waals surface area contributed by atoms with Crippen LogP contribution in [0.4, 0.5) is 5.69 Å². The SMILES string of the molecule is Cc1ccc(NCC2(N(C)C)CCCC2)c(C#N)c1. The number of benzene rings is 1. The molecule has 1 aliphatic carbocycles. The summed E-state index contributed by atoms with van der Waals surface area (Å²) >= 11 is 0. The first-order valence-corrected chi connectivity index (χ1v) is 6.99. The smallest absolute Gasteiger partial charge is 0.101 e. The summed E-state index contributed by atoms with van der Waals surface area (Å²) in [5.41, 5.74) is 3.08. The molecule has 1 saturated carbocycles. The predicted octanol–water partition coefficient (Wildman–Crippen LogP) is 3.15. The van der Waals surface area contributed by atoms with E-state index < -0.39 is 0 Å². The first-order valence-electron chi connectivity index (χ1n) is 6.99. The second-order valence-corrected chi connectivity index (χ2v) is 5.84. The summed E-state index contributed by atoms with van der Waals surface area (Å²) in [5.74, 6) is 0. The second kappa shape index (κ2) is 5.63. The highest BCUT2D eigenvalue weighted by Crippen LogP contribution is 2.34. The fraction of sp³-hybridized carbons (Fsp3) is 0.562. The Morgan fingerprint density at radius 3 is 2.58 bits per heavy atom. The van der Waals surface area contributed by atoms with Crippen LogP contribution in [0.1, 0.15) is 36.8 Å². The van der Waals surface area contributed by atoms with Crippen LogP contribution in [-0.4, -0.2) is 31.1 Å². The lowest BCUT2D eigenvalue weighted by atomic mass is 9.95. The minimum atomic E-state index is 0.248. The van der Waals surface area contributed by atoms with Crippen LogP contribution in [0.3, 0.4) is 0 Å². The summed E-state index contributed by atoms with van der Waals surface area (Å²) < 4.78 is 0. The Morgan fingerprint density at radius 1 is 1.32 bits per heavy atom. The van der Waals surface area contributed by atoms with Crippen molar-refractivity contribution in [2.75, 3.05) is 26.0 Å². The van der Waals surface area contributed by atoms with Crippen LogP contribution >= 0.6 is 0 Å². The molecule has 1 N–H and O–H groups in total. The van der Waals surface area contributed by atoms with Gasteiger partial charge in [0.1, 0.15) is 6.07 Å². The zero-order valence-electron chi connectivity index (χ0n) is 12.2. The van der Waals surface area contributed by atoms with Crippen LogP contribution < -0.4 is 5.32 Å². The molecule has 1 aliphatic rings. The molecule has 1 fully saturated rings. The molecule has 0 bridgehead atoms. The molecule has 0 spiro atoms. The molecule has 0 aromatic heterocycles. The van der Waals surface area contributed by atoms with Crippen LogP contribution in [0, 0.1) is 18.3 Å². The molecule has 0 heterocycles. The number of anilines is 1. The van der Waals surface area contributed by atoms with E-state index >= 15 is 0 Å². The van der Waals surface area contributed by atoms with Gasteiger partial charge >= 0.3 is 0 Å². The number of likely N-dealkylation sites (N-methyl/N-ethyl adjacent to an activating group) is 1. The first kappa shape index (κ1) is 13.9. The monoisotopic (exact) mass is 257 g/mol. The highest BCUT2D eigenvalue weighted by molar-refractivity contribution is 5.58. The van der Waals surface area contributed by atoms with Crippen LogP contribution in [0.25, 0.3) is 0 Å². The summed E-state index contributed by atoms with van der Waals surface area (Å²) in [5, 5.41) is 12.7. The van der Waals surface area contributed by atoms with Crippen LogP contribution in [0.2, 0.25) is 0 Å². The van der Waals surface area contributed by atoms with Crippen molar-refractivity contribution in [3.8, 4) is 6.07 Å². The highest BCUT2D eigenvalue weighted by Gasteiger charge is 2.35. The molecule has 2 rings (SSSR count). The van der Waals surface area contributed by atoms with Crippen molar-refractivity contribution in [2.45, 2.75) is 38.1 Å². The molecular weight excluding hydrogens is 234 g/mol. The van der Waals surface area contributed by atoms with E-state index in [4.69, 9.17) is 0 Å². The summed E-state index contributed by atoms with van der Waals surface area (Å²) in [7, 11) is 4.32. The van der Waals surface area contributed by atoms with Gasteiger partial charge in [-0.1, -0.05) is 18.9 Å². The zero-order valence-corrected chi connectivity index (χ0v) is 12.2. The van der Waals surface area contributed by atoms with Crippen molar-refractivity contribution in [3.63, 3.8) is 0 Å². The molecule has 3 heteroatoms. The average molecular weight is 257 g/mol. The van der Waals surface area contributed by atoms with Gasteiger partial charge in [-0.3, -0.25) is 0 Å². The van der Waals surface area contributed by atoms with E-state index in [1.165, 1.54) is 25.7 Å². The average Bonchev–Trinajstić information content (AvgIpc) is 2.87. The second-order valence-electron chi connectivity index (χ2n) is 5.84. The van der Waals surface area contributed by atoms with Crippen molar-refractivity contribution in [3.05, 3.63) is 29.3 Å². The van der Waals surface area contributed by atoms with E-state index in [9.17, 15) is 5.26 Å². The van der Waals surface area contributed by atoms with Gasteiger partial charge in [0.2, 0.25) is 0 Å². The first-order chi connectivity index (χ1) is 9.07. The minimum absolute atomic E-state index is 0.248. The number of nitriles is 1. The maximum Gasteiger partial charge on any atom is 0.101 e. The normalized spacial score (nSPS) is 17.4. The van der Waals surface area contributed by atoms with E-state index in [0.29, 0.717) is 0 Å². The Balaban J connectivity index is 2.12. The summed E-state index contributed by atoms with van der Waals surface area (Å²) in [6, 6.07) is 8.30. The van der Waals surface area contributed by atoms with Gasteiger partial charge in [-0.25, -0.2) is 0 Å². The highest BCUT2D eigenvalue weighted by atomic mass is 15.2. The number of nitrogens with one attached hydrogen (secondary N) is 1. The van der Waals surface area contributed by atoms with Gasteiger partial charge in [0.05, 0.1) is 11.3 Å². The van der Waals surface area contributed by atoms with Crippen LogP contribution in [-0.2, 0) is 0 Å². The molecule has 0 amide bonds. The van der Waals surface area contributed by atoms with E-state index in [-0.39, 0.29) is 5.54 Å². The molecule has 0 atom stereocenters. The molecule has 0 saturated heterocycles. The summed E-state index contributed by atoms with van der Waals surface area (Å²) in [4.78, 5) is 2.34. The summed E-state index contributed by atoms with van der Waals surface area (Å²) in [6.45, 7) is 2.93.